The Bertz CT molecular complexity index is 581. The largest absolute Gasteiger partial charge is 0.379 e. The molecule has 0 saturated carbocycles. The Labute approximate surface area is 115 Å². The molecule has 0 aromatic heterocycles. The SMILES string of the molecule is Cc1ccc(/C=C/C2CCc3ccccc3N2)cc1. The van der Waals surface area contributed by atoms with Crippen molar-refractivity contribution < 1.29 is 0 Å². The van der Waals surface area contributed by atoms with E-state index in [4.69, 9.17) is 0 Å². The molecule has 0 radical (unpaired) electrons. The normalized spacial score (nSPS) is 18.1. The van der Waals surface area contributed by atoms with Gasteiger partial charge in [0.05, 0.1) is 0 Å². The van der Waals surface area contributed by atoms with Gasteiger partial charge in [0.1, 0.15) is 0 Å². The summed E-state index contributed by atoms with van der Waals surface area (Å²) in [6.45, 7) is 2.12. The molecule has 2 aromatic carbocycles. The third-order valence-corrected chi connectivity index (χ3v) is 3.68. The lowest BCUT2D eigenvalue weighted by atomic mass is 9.97. The van der Waals surface area contributed by atoms with E-state index in [-0.39, 0.29) is 0 Å². The van der Waals surface area contributed by atoms with E-state index in [1.807, 2.05) is 0 Å². The van der Waals surface area contributed by atoms with E-state index in [9.17, 15) is 0 Å². The minimum Gasteiger partial charge on any atom is -0.379 e. The van der Waals surface area contributed by atoms with Crippen LogP contribution in [0.25, 0.3) is 6.08 Å². The highest BCUT2D eigenvalue weighted by Gasteiger charge is 2.14. The molecule has 0 amide bonds. The predicted octanol–water partition coefficient (Wildman–Crippen LogP) is 4.44. The molecule has 1 aliphatic heterocycles. The number of hydrogen-bond donors (Lipinski definition) is 1. The van der Waals surface area contributed by atoms with Gasteiger partial charge in [-0.25, -0.2) is 0 Å². The van der Waals surface area contributed by atoms with E-state index in [0.717, 1.165) is 6.42 Å². The Balaban J connectivity index is 1.70. The van der Waals surface area contributed by atoms with E-state index in [1.165, 1.54) is 28.8 Å². The fraction of sp³-hybridized carbons (Fsp3) is 0.222. The van der Waals surface area contributed by atoms with Crippen molar-refractivity contribution in [2.75, 3.05) is 5.32 Å². The van der Waals surface area contributed by atoms with E-state index in [1.54, 1.807) is 0 Å². The first-order chi connectivity index (χ1) is 9.31. The summed E-state index contributed by atoms with van der Waals surface area (Å²) >= 11 is 0. The summed E-state index contributed by atoms with van der Waals surface area (Å²) in [6.07, 6.45) is 6.82. The van der Waals surface area contributed by atoms with Crippen LogP contribution in [0.3, 0.4) is 0 Å². The average molecular weight is 249 g/mol. The zero-order valence-electron chi connectivity index (χ0n) is 11.3. The van der Waals surface area contributed by atoms with E-state index in [2.05, 4.69) is 72.9 Å². The highest BCUT2D eigenvalue weighted by atomic mass is 14.9. The number of hydrogen-bond acceptors (Lipinski definition) is 1. The first kappa shape index (κ1) is 12.0. The van der Waals surface area contributed by atoms with Crippen LogP contribution in [0, 0.1) is 6.92 Å². The van der Waals surface area contributed by atoms with Crippen molar-refractivity contribution in [3.8, 4) is 0 Å². The fourth-order valence-electron chi connectivity index (χ4n) is 2.51. The van der Waals surface area contributed by atoms with Gasteiger partial charge in [0.2, 0.25) is 0 Å². The number of rotatable bonds is 2. The van der Waals surface area contributed by atoms with Crippen molar-refractivity contribution >= 4 is 11.8 Å². The maximum Gasteiger partial charge on any atom is 0.0450 e. The summed E-state index contributed by atoms with van der Waals surface area (Å²) in [5, 5.41) is 3.59. The Morgan fingerprint density at radius 2 is 1.84 bits per heavy atom. The van der Waals surface area contributed by atoms with E-state index in [0.29, 0.717) is 6.04 Å². The lowest BCUT2D eigenvalue weighted by molar-refractivity contribution is 0.733. The summed E-state index contributed by atoms with van der Waals surface area (Å²) in [5.74, 6) is 0. The molecule has 1 heterocycles. The third kappa shape index (κ3) is 2.87. The van der Waals surface area contributed by atoms with Crippen LogP contribution in [0.2, 0.25) is 0 Å². The zero-order chi connectivity index (χ0) is 13.1. The molecule has 0 spiro atoms. The maximum absolute atomic E-state index is 3.59. The monoisotopic (exact) mass is 249 g/mol. The van der Waals surface area contributed by atoms with Gasteiger partial charge >= 0.3 is 0 Å². The van der Waals surface area contributed by atoms with Crippen molar-refractivity contribution in [3.05, 3.63) is 71.3 Å². The summed E-state index contributed by atoms with van der Waals surface area (Å²) < 4.78 is 0. The molecule has 0 fully saturated rings. The van der Waals surface area contributed by atoms with Crippen LogP contribution in [0.5, 0.6) is 0 Å². The standard InChI is InChI=1S/C18H19N/c1-14-6-8-15(9-7-14)10-12-17-13-11-16-4-2-3-5-18(16)19-17/h2-10,12,17,19H,11,13H2,1H3/b12-10+. The lowest BCUT2D eigenvalue weighted by Gasteiger charge is -2.24. The molecule has 19 heavy (non-hydrogen) atoms. The summed E-state index contributed by atoms with van der Waals surface area (Å²) in [5.41, 5.74) is 5.29. The molecular formula is C18H19N. The minimum atomic E-state index is 0.441. The number of fused-ring (bicyclic) bond motifs is 1. The molecule has 0 saturated heterocycles. The Morgan fingerprint density at radius 3 is 2.68 bits per heavy atom. The molecule has 1 unspecified atom stereocenters. The van der Waals surface area contributed by atoms with Crippen LogP contribution in [0.4, 0.5) is 5.69 Å². The van der Waals surface area contributed by atoms with Crippen LogP contribution < -0.4 is 5.32 Å². The second-order valence-corrected chi connectivity index (χ2v) is 5.22. The van der Waals surface area contributed by atoms with Crippen LogP contribution >= 0.6 is 0 Å². The van der Waals surface area contributed by atoms with Gasteiger partial charge in [0.15, 0.2) is 0 Å². The molecule has 1 aliphatic rings. The van der Waals surface area contributed by atoms with Crippen molar-refractivity contribution in [2.45, 2.75) is 25.8 Å². The van der Waals surface area contributed by atoms with Crippen LogP contribution in [-0.2, 0) is 6.42 Å². The van der Waals surface area contributed by atoms with Crippen LogP contribution in [-0.4, -0.2) is 6.04 Å². The van der Waals surface area contributed by atoms with Gasteiger partial charge in [-0.2, -0.15) is 0 Å². The second-order valence-electron chi connectivity index (χ2n) is 5.22. The average Bonchev–Trinajstić information content (AvgIpc) is 2.46. The molecule has 96 valence electrons. The number of benzene rings is 2. The topological polar surface area (TPSA) is 12.0 Å². The summed E-state index contributed by atoms with van der Waals surface area (Å²) in [7, 11) is 0. The number of para-hydroxylation sites is 1. The van der Waals surface area contributed by atoms with Crippen molar-refractivity contribution in [1.29, 1.82) is 0 Å². The van der Waals surface area contributed by atoms with Crippen LogP contribution in [0.1, 0.15) is 23.1 Å². The minimum absolute atomic E-state index is 0.441. The van der Waals surface area contributed by atoms with Gasteiger partial charge < -0.3 is 5.32 Å². The Morgan fingerprint density at radius 1 is 1.05 bits per heavy atom. The van der Waals surface area contributed by atoms with E-state index < -0.39 is 0 Å². The first-order valence-electron chi connectivity index (χ1n) is 6.90. The quantitative estimate of drug-likeness (QED) is 0.830. The molecule has 1 heteroatoms. The molecular weight excluding hydrogens is 230 g/mol. The van der Waals surface area contributed by atoms with Gasteiger partial charge in [-0.15, -0.1) is 0 Å². The van der Waals surface area contributed by atoms with Crippen LogP contribution in [0.15, 0.2) is 54.6 Å². The molecule has 1 atom stereocenters. The maximum atomic E-state index is 3.59. The molecule has 1 N–H and O–H groups in total. The highest BCUT2D eigenvalue weighted by molar-refractivity contribution is 5.57. The number of nitrogens with one attached hydrogen (secondary N) is 1. The highest BCUT2D eigenvalue weighted by Crippen LogP contribution is 2.25. The predicted molar refractivity (Wildman–Crippen MR) is 82.4 cm³/mol. The molecule has 3 rings (SSSR count). The summed E-state index contributed by atoms with van der Waals surface area (Å²) in [6, 6.07) is 17.7. The second kappa shape index (κ2) is 5.31. The third-order valence-electron chi connectivity index (χ3n) is 3.68. The first-order valence-corrected chi connectivity index (χ1v) is 6.90. The Kier molecular flexibility index (Phi) is 3.37. The van der Waals surface area contributed by atoms with Gasteiger partial charge in [0.25, 0.3) is 0 Å². The zero-order valence-corrected chi connectivity index (χ0v) is 11.3. The molecule has 2 aromatic rings. The smallest absolute Gasteiger partial charge is 0.0450 e. The number of aryl methyl sites for hydroxylation is 2. The van der Waals surface area contributed by atoms with Gasteiger partial charge in [0, 0.05) is 11.7 Å². The lowest BCUT2D eigenvalue weighted by Crippen LogP contribution is -2.22. The van der Waals surface area contributed by atoms with Crippen molar-refractivity contribution in [2.24, 2.45) is 0 Å². The van der Waals surface area contributed by atoms with Crippen molar-refractivity contribution in [3.63, 3.8) is 0 Å². The van der Waals surface area contributed by atoms with Gasteiger partial charge in [-0.1, -0.05) is 60.2 Å². The molecule has 0 aliphatic carbocycles. The summed E-state index contributed by atoms with van der Waals surface area (Å²) in [4.78, 5) is 0. The number of anilines is 1. The Hall–Kier alpha value is -2.02. The van der Waals surface area contributed by atoms with Crippen molar-refractivity contribution in [1.82, 2.24) is 0 Å². The molecule has 0 bridgehead atoms. The van der Waals surface area contributed by atoms with Gasteiger partial charge in [-0.3, -0.25) is 0 Å². The van der Waals surface area contributed by atoms with Gasteiger partial charge in [-0.05, 0) is 37.0 Å². The fourth-order valence-corrected chi connectivity index (χ4v) is 2.51. The molecule has 1 nitrogen and oxygen atoms in total. The van der Waals surface area contributed by atoms with E-state index >= 15 is 0 Å².